The number of nitrogens with one attached hydrogen (secondary N) is 1. The number of amides is 1. The van der Waals surface area contributed by atoms with E-state index in [1.807, 2.05) is 35.7 Å². The highest BCUT2D eigenvalue weighted by molar-refractivity contribution is 8.00. The lowest BCUT2D eigenvalue weighted by molar-refractivity contribution is -0.153. The van der Waals surface area contributed by atoms with Gasteiger partial charge in [0.05, 0.1) is 11.7 Å². The van der Waals surface area contributed by atoms with Crippen LogP contribution >= 0.6 is 11.8 Å². The molecule has 6 fully saturated rings. The molecular weight excluding hydrogens is 702 g/mol. The second kappa shape index (κ2) is 12.0. The molecule has 2 aromatic heterocycles. The number of hydrogen-bond acceptors (Lipinski definition) is 9. The molecule has 278 valence electrons. The first kappa shape index (κ1) is 33.5. The largest absolute Gasteiger partial charge is 0.481 e. The Bertz CT molecular complexity index is 2130. The number of alkyl halides is 3. The first-order valence-corrected chi connectivity index (χ1v) is 19.9. The molecule has 0 radical (unpaired) electrons. The van der Waals surface area contributed by atoms with Gasteiger partial charge in [-0.2, -0.15) is 35.0 Å². The number of aromatic amines is 1. The van der Waals surface area contributed by atoms with Crippen LogP contribution in [0.3, 0.4) is 0 Å². The Morgan fingerprint density at radius 1 is 1.04 bits per heavy atom. The Morgan fingerprint density at radius 3 is 2.45 bits per heavy atom. The lowest BCUT2D eigenvalue weighted by atomic mass is 9.72. The fourth-order valence-electron chi connectivity index (χ4n) is 9.39. The van der Waals surface area contributed by atoms with E-state index in [-0.39, 0.29) is 23.0 Å². The van der Waals surface area contributed by atoms with Crippen molar-refractivity contribution < 1.29 is 22.7 Å². The van der Waals surface area contributed by atoms with Crippen molar-refractivity contribution >= 4 is 51.2 Å². The number of benzene rings is 2. The van der Waals surface area contributed by atoms with Gasteiger partial charge in [-0.1, -0.05) is 12.6 Å². The van der Waals surface area contributed by atoms with Gasteiger partial charge in [-0.3, -0.25) is 14.8 Å². The monoisotopic (exact) mass is 744 g/mol. The number of carbonyl (C=O) groups excluding carboxylic acids is 1. The van der Waals surface area contributed by atoms with Crippen LogP contribution in [0.25, 0.3) is 32.9 Å². The Labute approximate surface area is 310 Å². The van der Waals surface area contributed by atoms with Crippen LogP contribution < -0.4 is 14.5 Å². The molecule has 5 saturated heterocycles. The molecule has 0 unspecified atom stereocenters. The highest BCUT2D eigenvalue weighted by atomic mass is 32.2. The standard InChI is InChI=1S/C39H43F3N8O2S/c1-3-30(51)50-16-37(17-50)8-10-47(11-9-37)35-27-12-26(24-5-6-24)32(31-23(2)4-7-29-28(31)13-43-46-29)34(52-20-39(40,41)42)33(27)44-36(45-35)48-14-25(15-48)49-18-38(19-49)21-53-22-38/h3-4,7,12-13,24-25H,1,5-6,8-11,14-22H2,2H3,(H,43,46). The number of carbonyl (C=O) groups is 1. The molecule has 1 saturated carbocycles. The van der Waals surface area contributed by atoms with Gasteiger partial charge in [0.1, 0.15) is 11.3 Å². The molecule has 2 spiro atoms. The minimum absolute atomic E-state index is 0.0338. The van der Waals surface area contributed by atoms with Crippen LogP contribution in [0.5, 0.6) is 5.75 Å². The Balaban J connectivity index is 1.09. The fourth-order valence-corrected chi connectivity index (χ4v) is 10.5. The molecule has 1 N–H and O–H groups in total. The third-order valence-corrected chi connectivity index (χ3v) is 14.3. The molecule has 5 aliphatic heterocycles. The number of thioether (sulfide) groups is 1. The van der Waals surface area contributed by atoms with Gasteiger partial charge in [0.2, 0.25) is 11.9 Å². The number of fused-ring (bicyclic) bond motifs is 2. The zero-order valence-corrected chi connectivity index (χ0v) is 30.7. The number of hydrogen-bond donors (Lipinski definition) is 1. The van der Waals surface area contributed by atoms with Crippen molar-refractivity contribution in [2.24, 2.45) is 10.8 Å². The minimum Gasteiger partial charge on any atom is -0.481 e. The Kier molecular flexibility index (Phi) is 7.58. The summed E-state index contributed by atoms with van der Waals surface area (Å²) in [6.45, 7) is 10.9. The SMILES string of the molecule is C=CC(=O)N1CC2(CCN(c3nc(N4CC(N5CC6(CSC6)C5)C4)nc4c(OCC(F)(F)F)c(-c5c(C)ccc6[nH]ncc56)c(C5CC5)cc34)CC2)C1. The zero-order chi connectivity index (χ0) is 36.3. The summed E-state index contributed by atoms with van der Waals surface area (Å²) in [6, 6.07) is 6.50. The highest BCUT2D eigenvalue weighted by Gasteiger charge is 2.52. The quantitative estimate of drug-likeness (QED) is 0.213. The topological polar surface area (TPSA) is 93.7 Å². The summed E-state index contributed by atoms with van der Waals surface area (Å²) in [5.74, 6) is 4.09. The molecule has 1 amide bonds. The number of rotatable bonds is 8. The maximum atomic E-state index is 14.1. The van der Waals surface area contributed by atoms with E-state index in [2.05, 4.69) is 37.5 Å². The van der Waals surface area contributed by atoms with Gasteiger partial charge >= 0.3 is 6.18 Å². The number of nitrogens with zero attached hydrogens (tertiary/aromatic N) is 7. The van der Waals surface area contributed by atoms with E-state index in [9.17, 15) is 18.0 Å². The van der Waals surface area contributed by atoms with E-state index >= 15 is 0 Å². The van der Waals surface area contributed by atoms with Gasteiger partial charge in [0, 0.05) is 97.1 Å². The van der Waals surface area contributed by atoms with Gasteiger partial charge in [0.15, 0.2) is 12.4 Å². The molecular formula is C39H43F3N8O2S. The third kappa shape index (κ3) is 5.65. The van der Waals surface area contributed by atoms with Gasteiger partial charge in [-0.25, -0.2) is 4.98 Å². The maximum absolute atomic E-state index is 14.1. The summed E-state index contributed by atoms with van der Waals surface area (Å²) >= 11 is 2.02. The Hall–Kier alpha value is -4.04. The predicted molar refractivity (Wildman–Crippen MR) is 201 cm³/mol. The van der Waals surface area contributed by atoms with E-state index in [1.165, 1.54) is 17.6 Å². The maximum Gasteiger partial charge on any atom is 0.422 e. The average Bonchev–Trinajstić information content (AvgIpc) is 3.80. The first-order valence-electron chi connectivity index (χ1n) is 18.8. The van der Waals surface area contributed by atoms with E-state index in [0.717, 1.165) is 117 Å². The van der Waals surface area contributed by atoms with Crippen molar-refractivity contribution in [2.75, 3.05) is 80.3 Å². The van der Waals surface area contributed by atoms with Gasteiger partial charge in [0.25, 0.3) is 0 Å². The minimum atomic E-state index is -4.54. The average molecular weight is 745 g/mol. The number of ether oxygens (including phenoxy) is 1. The molecule has 10 rings (SSSR count). The van der Waals surface area contributed by atoms with Crippen molar-refractivity contribution in [2.45, 2.75) is 50.7 Å². The summed E-state index contributed by atoms with van der Waals surface area (Å²) < 4.78 is 48.3. The first-order chi connectivity index (χ1) is 25.5. The van der Waals surface area contributed by atoms with Gasteiger partial charge in [-0.15, -0.1) is 0 Å². The molecule has 53 heavy (non-hydrogen) atoms. The molecule has 0 bridgehead atoms. The van der Waals surface area contributed by atoms with E-state index in [4.69, 9.17) is 14.7 Å². The lowest BCUT2D eigenvalue weighted by Crippen LogP contribution is -2.72. The van der Waals surface area contributed by atoms with E-state index in [0.29, 0.717) is 28.5 Å². The molecule has 1 aliphatic carbocycles. The molecule has 14 heteroatoms. The van der Waals surface area contributed by atoms with Crippen LogP contribution in [0, 0.1) is 17.8 Å². The summed E-state index contributed by atoms with van der Waals surface area (Å²) in [5.41, 5.74) is 5.19. The van der Waals surface area contributed by atoms with E-state index in [1.54, 1.807) is 6.20 Å². The second-order valence-corrected chi connectivity index (χ2v) is 17.5. The molecule has 2 aromatic carbocycles. The Morgan fingerprint density at radius 2 is 1.79 bits per heavy atom. The number of aryl methyl sites for hydroxylation is 1. The van der Waals surface area contributed by atoms with Crippen LogP contribution in [0.4, 0.5) is 24.9 Å². The molecule has 6 aliphatic rings. The van der Waals surface area contributed by atoms with Crippen molar-refractivity contribution in [3.63, 3.8) is 0 Å². The van der Waals surface area contributed by atoms with Crippen molar-refractivity contribution in [3.05, 3.63) is 48.2 Å². The number of anilines is 2. The summed E-state index contributed by atoms with van der Waals surface area (Å²) in [7, 11) is 0. The van der Waals surface area contributed by atoms with Crippen LogP contribution in [-0.2, 0) is 4.79 Å². The van der Waals surface area contributed by atoms with Crippen molar-refractivity contribution in [1.82, 2.24) is 30.0 Å². The highest BCUT2D eigenvalue weighted by Crippen LogP contribution is 2.54. The van der Waals surface area contributed by atoms with Crippen LogP contribution in [0.1, 0.15) is 42.7 Å². The third-order valence-electron chi connectivity index (χ3n) is 12.6. The number of piperidine rings is 1. The number of H-pyrrole nitrogens is 1. The van der Waals surface area contributed by atoms with Crippen LogP contribution in [0.15, 0.2) is 37.1 Å². The van der Waals surface area contributed by atoms with Crippen molar-refractivity contribution in [3.8, 4) is 16.9 Å². The summed E-state index contributed by atoms with van der Waals surface area (Å²) in [5, 5.41) is 8.92. The lowest BCUT2D eigenvalue weighted by Gasteiger charge is -2.60. The molecule has 7 heterocycles. The fraction of sp³-hybridized carbons (Fsp3) is 0.538. The number of likely N-dealkylation sites (tertiary alicyclic amines) is 2. The van der Waals surface area contributed by atoms with Gasteiger partial charge in [-0.05, 0) is 73.4 Å². The molecule has 0 atom stereocenters. The number of halogens is 3. The van der Waals surface area contributed by atoms with Crippen LogP contribution in [0.2, 0.25) is 0 Å². The molecule has 10 nitrogen and oxygen atoms in total. The van der Waals surface area contributed by atoms with E-state index < -0.39 is 12.8 Å². The smallest absolute Gasteiger partial charge is 0.422 e. The van der Waals surface area contributed by atoms with Gasteiger partial charge < -0.3 is 19.4 Å². The summed E-state index contributed by atoms with van der Waals surface area (Å²) in [6.07, 6.45) is 2.26. The zero-order valence-electron chi connectivity index (χ0n) is 29.8. The normalized spacial score (nSPS) is 22.5. The van der Waals surface area contributed by atoms with Crippen LogP contribution in [-0.4, -0.2) is 119 Å². The summed E-state index contributed by atoms with van der Waals surface area (Å²) in [4.78, 5) is 31.5. The number of aromatic nitrogens is 4. The predicted octanol–water partition coefficient (Wildman–Crippen LogP) is 6.15. The molecule has 4 aromatic rings. The second-order valence-electron chi connectivity index (χ2n) is 16.5. The van der Waals surface area contributed by atoms with Crippen molar-refractivity contribution in [1.29, 1.82) is 0 Å².